The zero-order chi connectivity index (χ0) is 8.23. The fraction of sp³-hybridized carbons (Fsp3) is 0.875. The molecule has 12 heavy (non-hydrogen) atoms. The molecule has 0 aromatic carbocycles. The van der Waals surface area contributed by atoms with Crippen molar-refractivity contribution in [3.05, 3.63) is 0 Å². The maximum atomic E-state index is 5.53. The summed E-state index contributed by atoms with van der Waals surface area (Å²) in [4.78, 5) is 4.38. The van der Waals surface area contributed by atoms with Gasteiger partial charge in [0.1, 0.15) is 4.38 Å². The van der Waals surface area contributed by atoms with Crippen molar-refractivity contribution in [3.63, 3.8) is 0 Å². The third-order valence-corrected chi connectivity index (χ3v) is 4.36. The highest BCUT2D eigenvalue weighted by Crippen LogP contribution is 2.25. The van der Waals surface area contributed by atoms with E-state index in [1.54, 1.807) is 0 Å². The molecule has 0 radical (unpaired) electrons. The number of rotatable bonds is 2. The molecule has 0 aromatic heterocycles. The molecule has 1 fully saturated rings. The lowest BCUT2D eigenvalue weighted by molar-refractivity contribution is 0.129. The van der Waals surface area contributed by atoms with Crippen LogP contribution in [0.5, 0.6) is 0 Å². The first-order valence-electron chi connectivity index (χ1n) is 4.37. The maximum absolute atomic E-state index is 5.53. The summed E-state index contributed by atoms with van der Waals surface area (Å²) in [5.74, 6) is 2.28. The maximum Gasteiger partial charge on any atom is 0.124 e. The van der Waals surface area contributed by atoms with Crippen molar-refractivity contribution in [3.8, 4) is 0 Å². The number of nitrogens with zero attached hydrogens (tertiary/aromatic N) is 1. The minimum atomic E-state index is 0.499. The van der Waals surface area contributed by atoms with E-state index in [2.05, 4.69) is 4.99 Å². The van der Waals surface area contributed by atoms with Gasteiger partial charge >= 0.3 is 0 Å². The Bertz CT molecular complexity index is 178. The molecule has 1 saturated heterocycles. The van der Waals surface area contributed by atoms with Crippen molar-refractivity contribution < 1.29 is 4.74 Å². The smallest absolute Gasteiger partial charge is 0.124 e. The second-order valence-electron chi connectivity index (χ2n) is 2.94. The normalized spacial score (nSPS) is 29.3. The zero-order valence-corrected chi connectivity index (χ0v) is 8.62. The molecule has 2 aliphatic rings. The number of thioether (sulfide) groups is 2. The van der Waals surface area contributed by atoms with Crippen LogP contribution in [-0.4, -0.2) is 35.1 Å². The monoisotopic (exact) mass is 203 g/mol. The predicted molar refractivity (Wildman–Crippen MR) is 56.2 cm³/mol. The molecule has 0 amide bonds. The second kappa shape index (κ2) is 4.53. The molecule has 1 unspecified atom stereocenters. The first-order valence-corrected chi connectivity index (χ1v) is 6.34. The predicted octanol–water partition coefficient (Wildman–Crippen LogP) is 2.00. The highest BCUT2D eigenvalue weighted by molar-refractivity contribution is 8.39. The van der Waals surface area contributed by atoms with Crippen LogP contribution in [-0.2, 0) is 4.74 Å². The summed E-state index contributed by atoms with van der Waals surface area (Å²) < 4.78 is 6.80. The standard InChI is InChI=1S/C8H13NOS2/c1-2-7(10-4-1)6-12-8-9-3-5-11-8/h7H,1-6H2. The summed E-state index contributed by atoms with van der Waals surface area (Å²) in [5.41, 5.74) is 0. The highest BCUT2D eigenvalue weighted by Gasteiger charge is 2.17. The number of ether oxygens (including phenoxy) is 1. The Hall–Kier alpha value is 0.330. The van der Waals surface area contributed by atoms with Crippen molar-refractivity contribution in [2.45, 2.75) is 18.9 Å². The molecule has 2 aliphatic heterocycles. The summed E-state index contributed by atoms with van der Waals surface area (Å²) in [6.45, 7) is 1.98. The van der Waals surface area contributed by atoms with Crippen molar-refractivity contribution in [2.24, 2.45) is 4.99 Å². The van der Waals surface area contributed by atoms with Crippen LogP contribution in [0.15, 0.2) is 4.99 Å². The number of hydrogen-bond acceptors (Lipinski definition) is 4. The van der Waals surface area contributed by atoms with Gasteiger partial charge < -0.3 is 4.74 Å². The highest BCUT2D eigenvalue weighted by atomic mass is 32.2. The van der Waals surface area contributed by atoms with Crippen LogP contribution in [0.4, 0.5) is 0 Å². The Morgan fingerprint density at radius 3 is 3.33 bits per heavy atom. The fourth-order valence-electron chi connectivity index (χ4n) is 1.34. The Labute approximate surface area is 81.5 Å². The van der Waals surface area contributed by atoms with Gasteiger partial charge in [0, 0.05) is 18.1 Å². The molecule has 0 N–H and O–H groups in total. The van der Waals surface area contributed by atoms with Crippen LogP contribution >= 0.6 is 23.5 Å². The Morgan fingerprint density at radius 2 is 2.67 bits per heavy atom. The van der Waals surface area contributed by atoms with E-state index in [9.17, 15) is 0 Å². The quantitative estimate of drug-likeness (QED) is 0.685. The van der Waals surface area contributed by atoms with E-state index in [1.165, 1.54) is 23.0 Å². The van der Waals surface area contributed by atoms with E-state index in [0.717, 1.165) is 18.9 Å². The first kappa shape index (κ1) is 8.91. The van der Waals surface area contributed by atoms with Gasteiger partial charge in [-0.25, -0.2) is 0 Å². The van der Waals surface area contributed by atoms with Gasteiger partial charge in [0.2, 0.25) is 0 Å². The molecular weight excluding hydrogens is 190 g/mol. The van der Waals surface area contributed by atoms with Crippen LogP contribution in [0.2, 0.25) is 0 Å². The van der Waals surface area contributed by atoms with E-state index < -0.39 is 0 Å². The van der Waals surface area contributed by atoms with E-state index in [1.807, 2.05) is 23.5 Å². The van der Waals surface area contributed by atoms with Crippen LogP contribution in [0.3, 0.4) is 0 Å². The van der Waals surface area contributed by atoms with Gasteiger partial charge in [0.25, 0.3) is 0 Å². The molecule has 1 atom stereocenters. The van der Waals surface area contributed by atoms with Gasteiger partial charge in [-0.3, -0.25) is 4.99 Å². The average Bonchev–Trinajstić information content (AvgIpc) is 2.74. The van der Waals surface area contributed by atoms with Crippen molar-refractivity contribution in [2.75, 3.05) is 24.7 Å². The molecule has 0 aliphatic carbocycles. The van der Waals surface area contributed by atoms with Crippen molar-refractivity contribution >= 4 is 27.9 Å². The largest absolute Gasteiger partial charge is 0.377 e. The minimum Gasteiger partial charge on any atom is -0.377 e. The van der Waals surface area contributed by atoms with Crippen LogP contribution in [0, 0.1) is 0 Å². The summed E-state index contributed by atoms with van der Waals surface area (Å²) >= 11 is 3.75. The average molecular weight is 203 g/mol. The Morgan fingerprint density at radius 1 is 1.67 bits per heavy atom. The van der Waals surface area contributed by atoms with Crippen LogP contribution < -0.4 is 0 Å². The third kappa shape index (κ3) is 2.41. The molecule has 0 saturated carbocycles. The Kier molecular flexibility index (Phi) is 3.37. The van der Waals surface area contributed by atoms with Crippen molar-refractivity contribution in [1.82, 2.24) is 0 Å². The summed E-state index contributed by atoms with van der Waals surface area (Å²) in [7, 11) is 0. The molecular formula is C8H13NOS2. The van der Waals surface area contributed by atoms with E-state index >= 15 is 0 Å². The van der Waals surface area contributed by atoms with Gasteiger partial charge in [0.15, 0.2) is 0 Å². The fourth-order valence-corrected chi connectivity index (χ4v) is 3.44. The molecule has 68 valence electrons. The van der Waals surface area contributed by atoms with Crippen LogP contribution in [0.25, 0.3) is 0 Å². The Balaban J connectivity index is 1.67. The molecule has 2 nitrogen and oxygen atoms in total. The van der Waals surface area contributed by atoms with Gasteiger partial charge in [0.05, 0.1) is 12.6 Å². The lowest BCUT2D eigenvalue weighted by atomic mass is 10.3. The second-order valence-corrected chi connectivity index (χ2v) is 5.29. The number of aliphatic imine (C=N–C) groups is 1. The van der Waals surface area contributed by atoms with E-state index in [4.69, 9.17) is 4.74 Å². The number of hydrogen-bond donors (Lipinski definition) is 0. The summed E-state index contributed by atoms with van der Waals surface area (Å²) in [6, 6.07) is 0. The molecule has 4 heteroatoms. The zero-order valence-electron chi connectivity index (χ0n) is 6.99. The molecule has 0 spiro atoms. The van der Waals surface area contributed by atoms with Gasteiger partial charge in [-0.15, -0.1) is 0 Å². The lowest BCUT2D eigenvalue weighted by Crippen LogP contribution is -2.08. The molecule has 2 heterocycles. The van der Waals surface area contributed by atoms with Crippen molar-refractivity contribution in [1.29, 1.82) is 0 Å². The van der Waals surface area contributed by atoms with Crippen LogP contribution in [0.1, 0.15) is 12.8 Å². The first-order chi connectivity index (χ1) is 5.95. The summed E-state index contributed by atoms with van der Waals surface area (Å²) in [5, 5.41) is 0. The van der Waals surface area contributed by atoms with Gasteiger partial charge in [-0.2, -0.15) is 0 Å². The lowest BCUT2D eigenvalue weighted by Gasteiger charge is -2.07. The molecule has 0 aromatic rings. The van der Waals surface area contributed by atoms with Gasteiger partial charge in [-0.1, -0.05) is 23.5 Å². The SMILES string of the molecule is C1COC(CSC2=NCCS2)C1. The molecule has 2 rings (SSSR count). The van der Waals surface area contributed by atoms with E-state index in [-0.39, 0.29) is 0 Å². The van der Waals surface area contributed by atoms with Gasteiger partial charge in [-0.05, 0) is 12.8 Å². The summed E-state index contributed by atoms with van der Waals surface area (Å²) in [6.07, 6.45) is 2.98. The van der Waals surface area contributed by atoms with E-state index in [0.29, 0.717) is 6.10 Å². The topological polar surface area (TPSA) is 21.6 Å². The minimum absolute atomic E-state index is 0.499. The third-order valence-electron chi connectivity index (χ3n) is 1.97. The molecule has 0 bridgehead atoms.